The quantitative estimate of drug-likeness (QED) is 0.417. The minimum atomic E-state index is -0.883. The molecule has 2 aromatic rings. The monoisotopic (exact) mass is 369 g/mol. The Kier molecular flexibility index (Phi) is 8.06. The van der Waals surface area contributed by atoms with E-state index < -0.39 is 12.1 Å². The molecule has 142 valence electrons. The lowest BCUT2D eigenvalue weighted by molar-refractivity contribution is -0.150. The first-order valence-electron chi connectivity index (χ1n) is 8.57. The molecule has 1 N–H and O–H groups in total. The number of amides is 1. The van der Waals surface area contributed by atoms with Gasteiger partial charge in [0.15, 0.2) is 6.10 Å². The fraction of sp³-hybridized carbons (Fsp3) is 0.238. The predicted molar refractivity (Wildman–Crippen MR) is 102 cm³/mol. The molecule has 0 aliphatic carbocycles. The second-order valence-corrected chi connectivity index (χ2v) is 5.68. The normalized spacial score (nSPS) is 11.8. The van der Waals surface area contributed by atoms with Crippen LogP contribution in [0.4, 0.5) is 0 Å². The Morgan fingerprint density at radius 2 is 1.81 bits per heavy atom. The van der Waals surface area contributed by atoms with Gasteiger partial charge in [-0.25, -0.2) is 4.79 Å². The molecule has 0 aliphatic heterocycles. The van der Waals surface area contributed by atoms with Crippen molar-refractivity contribution in [1.82, 2.24) is 5.32 Å². The molecule has 0 bridgehead atoms. The first kappa shape index (κ1) is 20.2. The zero-order valence-electron chi connectivity index (χ0n) is 15.4. The number of esters is 1. The standard InChI is InChI=1S/C21H23NO5/c1-16(21(24)22-13-14-25-2)26-20(23)12-11-17-7-6-10-19(15-17)27-18-8-4-3-5-9-18/h3-12,15-16H,13-14H2,1-2H3,(H,22,24)/b12-11+/t16-/m1/s1. The second-order valence-electron chi connectivity index (χ2n) is 5.68. The van der Waals surface area contributed by atoms with E-state index in [1.807, 2.05) is 48.5 Å². The van der Waals surface area contributed by atoms with E-state index in [1.54, 1.807) is 19.3 Å². The van der Waals surface area contributed by atoms with Crippen molar-refractivity contribution < 1.29 is 23.8 Å². The van der Waals surface area contributed by atoms with E-state index in [0.29, 0.717) is 18.9 Å². The van der Waals surface area contributed by atoms with E-state index in [1.165, 1.54) is 13.0 Å². The summed E-state index contributed by atoms with van der Waals surface area (Å²) in [7, 11) is 1.54. The topological polar surface area (TPSA) is 73.9 Å². The maximum atomic E-state index is 11.9. The lowest BCUT2D eigenvalue weighted by atomic mass is 10.2. The number of methoxy groups -OCH3 is 1. The van der Waals surface area contributed by atoms with E-state index in [0.717, 1.165) is 11.3 Å². The number of para-hydroxylation sites is 1. The molecule has 0 heterocycles. The Hall–Kier alpha value is -3.12. The van der Waals surface area contributed by atoms with Gasteiger partial charge in [0, 0.05) is 19.7 Å². The molecule has 0 aromatic heterocycles. The van der Waals surface area contributed by atoms with Crippen molar-refractivity contribution >= 4 is 18.0 Å². The maximum Gasteiger partial charge on any atom is 0.331 e. The zero-order valence-corrected chi connectivity index (χ0v) is 15.4. The minimum absolute atomic E-state index is 0.362. The van der Waals surface area contributed by atoms with E-state index in [4.69, 9.17) is 14.2 Å². The Morgan fingerprint density at radius 1 is 1.07 bits per heavy atom. The summed E-state index contributed by atoms with van der Waals surface area (Å²) < 4.78 is 15.7. The van der Waals surface area contributed by atoms with Gasteiger partial charge in [0.2, 0.25) is 0 Å². The molecule has 0 radical (unpaired) electrons. The summed E-state index contributed by atoms with van der Waals surface area (Å²) in [6, 6.07) is 16.7. The molecule has 0 spiro atoms. The van der Waals surface area contributed by atoms with Crippen LogP contribution in [0.1, 0.15) is 12.5 Å². The molecule has 6 nitrogen and oxygen atoms in total. The fourth-order valence-electron chi connectivity index (χ4n) is 2.16. The molecule has 27 heavy (non-hydrogen) atoms. The molecule has 0 fully saturated rings. The number of nitrogens with one attached hydrogen (secondary N) is 1. The van der Waals surface area contributed by atoms with Gasteiger partial charge in [-0.2, -0.15) is 0 Å². The molecule has 1 atom stereocenters. The highest BCUT2D eigenvalue weighted by molar-refractivity contribution is 5.90. The predicted octanol–water partition coefficient (Wildman–Crippen LogP) is 3.19. The summed E-state index contributed by atoms with van der Waals surface area (Å²) in [5.74, 6) is 0.416. The number of carbonyl (C=O) groups excluding carboxylic acids is 2. The molecular weight excluding hydrogens is 346 g/mol. The summed E-state index contributed by atoms with van der Waals surface area (Å²) >= 11 is 0. The van der Waals surface area contributed by atoms with Crippen LogP contribution in [0.3, 0.4) is 0 Å². The van der Waals surface area contributed by atoms with Gasteiger partial charge in [0.1, 0.15) is 11.5 Å². The van der Waals surface area contributed by atoms with Gasteiger partial charge in [0.05, 0.1) is 6.61 Å². The number of rotatable bonds is 9. The van der Waals surface area contributed by atoms with Crippen molar-refractivity contribution in [3.8, 4) is 11.5 Å². The van der Waals surface area contributed by atoms with Gasteiger partial charge in [-0.3, -0.25) is 4.79 Å². The molecule has 1 amide bonds. The van der Waals surface area contributed by atoms with Gasteiger partial charge in [0.25, 0.3) is 5.91 Å². The largest absolute Gasteiger partial charge is 0.457 e. The molecule has 0 saturated carbocycles. The van der Waals surface area contributed by atoms with Crippen LogP contribution in [0.25, 0.3) is 6.08 Å². The van der Waals surface area contributed by atoms with Crippen LogP contribution < -0.4 is 10.1 Å². The SMILES string of the molecule is COCCNC(=O)[C@@H](C)OC(=O)/C=C/c1cccc(Oc2ccccc2)c1. The third-order valence-electron chi connectivity index (χ3n) is 3.52. The third-order valence-corrected chi connectivity index (χ3v) is 3.52. The Balaban J connectivity index is 1.88. The fourth-order valence-corrected chi connectivity index (χ4v) is 2.16. The zero-order chi connectivity index (χ0) is 19.5. The van der Waals surface area contributed by atoms with Gasteiger partial charge < -0.3 is 19.5 Å². The number of benzene rings is 2. The lowest BCUT2D eigenvalue weighted by Gasteiger charge is -2.12. The van der Waals surface area contributed by atoms with E-state index in [9.17, 15) is 9.59 Å². The van der Waals surface area contributed by atoms with Crippen LogP contribution in [-0.4, -0.2) is 38.2 Å². The third kappa shape index (κ3) is 7.33. The summed E-state index contributed by atoms with van der Waals surface area (Å²) in [5, 5.41) is 2.61. The summed E-state index contributed by atoms with van der Waals surface area (Å²) in [4.78, 5) is 23.7. The molecule has 6 heteroatoms. The highest BCUT2D eigenvalue weighted by Gasteiger charge is 2.15. The van der Waals surface area contributed by atoms with Crippen molar-refractivity contribution in [2.24, 2.45) is 0 Å². The van der Waals surface area contributed by atoms with Gasteiger partial charge in [-0.05, 0) is 42.8 Å². The smallest absolute Gasteiger partial charge is 0.331 e. The maximum absolute atomic E-state index is 11.9. The van der Waals surface area contributed by atoms with Crippen LogP contribution in [-0.2, 0) is 19.1 Å². The average Bonchev–Trinajstić information content (AvgIpc) is 2.67. The Bertz CT molecular complexity index is 773. The van der Waals surface area contributed by atoms with Crippen molar-refractivity contribution in [2.75, 3.05) is 20.3 Å². The molecular formula is C21H23NO5. The number of carbonyl (C=O) groups is 2. The molecule has 0 unspecified atom stereocenters. The molecule has 0 saturated heterocycles. The second kappa shape index (κ2) is 10.8. The first-order valence-corrected chi connectivity index (χ1v) is 8.57. The van der Waals surface area contributed by atoms with Gasteiger partial charge in [-0.1, -0.05) is 30.3 Å². The Labute approximate surface area is 158 Å². The summed E-state index contributed by atoms with van der Waals surface area (Å²) in [5.41, 5.74) is 0.776. The minimum Gasteiger partial charge on any atom is -0.457 e. The molecule has 2 rings (SSSR count). The van der Waals surface area contributed by atoms with E-state index in [-0.39, 0.29) is 5.91 Å². The van der Waals surface area contributed by atoms with Gasteiger partial charge in [-0.15, -0.1) is 0 Å². The molecule has 2 aromatic carbocycles. The van der Waals surface area contributed by atoms with Crippen molar-refractivity contribution in [2.45, 2.75) is 13.0 Å². The number of hydrogen-bond acceptors (Lipinski definition) is 5. The van der Waals surface area contributed by atoms with Gasteiger partial charge >= 0.3 is 5.97 Å². The van der Waals surface area contributed by atoms with Crippen molar-refractivity contribution in [3.05, 3.63) is 66.2 Å². The lowest BCUT2D eigenvalue weighted by Crippen LogP contribution is -2.37. The Morgan fingerprint density at radius 3 is 2.56 bits per heavy atom. The van der Waals surface area contributed by atoms with Crippen LogP contribution in [0.2, 0.25) is 0 Å². The number of ether oxygens (including phenoxy) is 3. The van der Waals surface area contributed by atoms with E-state index >= 15 is 0 Å². The van der Waals surface area contributed by atoms with Crippen LogP contribution >= 0.6 is 0 Å². The van der Waals surface area contributed by atoms with Crippen molar-refractivity contribution in [1.29, 1.82) is 0 Å². The van der Waals surface area contributed by atoms with Crippen molar-refractivity contribution in [3.63, 3.8) is 0 Å². The molecule has 0 aliphatic rings. The highest BCUT2D eigenvalue weighted by Crippen LogP contribution is 2.22. The summed E-state index contributed by atoms with van der Waals surface area (Å²) in [6.45, 7) is 2.27. The van der Waals surface area contributed by atoms with Crippen LogP contribution in [0.5, 0.6) is 11.5 Å². The summed E-state index contributed by atoms with van der Waals surface area (Å²) in [6.07, 6.45) is 2.00. The van der Waals surface area contributed by atoms with Crippen LogP contribution in [0, 0.1) is 0 Å². The first-order chi connectivity index (χ1) is 13.1. The van der Waals surface area contributed by atoms with E-state index in [2.05, 4.69) is 5.32 Å². The number of hydrogen-bond donors (Lipinski definition) is 1. The highest BCUT2D eigenvalue weighted by atomic mass is 16.5. The average molecular weight is 369 g/mol. The van der Waals surface area contributed by atoms with Crippen LogP contribution in [0.15, 0.2) is 60.7 Å².